The second-order valence-electron chi connectivity index (χ2n) is 2.77. The molecule has 0 aliphatic rings. The third-order valence-electron chi connectivity index (χ3n) is 1.97. The van der Waals surface area contributed by atoms with Crippen LogP contribution in [0.3, 0.4) is 0 Å². The van der Waals surface area contributed by atoms with Crippen molar-refractivity contribution in [3.05, 3.63) is 17.7 Å². The molecule has 76 valence electrons. The lowest BCUT2D eigenvalue weighted by atomic mass is 10.3. The van der Waals surface area contributed by atoms with Gasteiger partial charge in [0.1, 0.15) is 18.2 Å². The number of carbonyl (C=O) groups is 1. The minimum absolute atomic E-state index is 0.00764. The van der Waals surface area contributed by atoms with Crippen LogP contribution in [0.15, 0.2) is 6.33 Å². The fourth-order valence-electron chi connectivity index (χ4n) is 1.13. The maximum atomic E-state index is 11.2. The number of methoxy groups -OCH3 is 1. The van der Waals surface area contributed by atoms with E-state index in [1.807, 2.05) is 6.07 Å². The van der Waals surface area contributed by atoms with E-state index in [2.05, 4.69) is 9.72 Å². The van der Waals surface area contributed by atoms with Crippen LogP contribution in [0.25, 0.3) is 0 Å². The van der Waals surface area contributed by atoms with Crippen LogP contribution in [0.2, 0.25) is 0 Å². The van der Waals surface area contributed by atoms with E-state index in [-0.39, 0.29) is 11.4 Å². The summed E-state index contributed by atoms with van der Waals surface area (Å²) in [5.41, 5.74) is 0.0728. The van der Waals surface area contributed by atoms with E-state index in [9.17, 15) is 4.79 Å². The van der Waals surface area contributed by atoms with Crippen molar-refractivity contribution < 1.29 is 9.53 Å². The van der Waals surface area contributed by atoms with Crippen LogP contribution in [0.5, 0.6) is 0 Å². The summed E-state index contributed by atoms with van der Waals surface area (Å²) < 4.78 is 5.84. The van der Waals surface area contributed by atoms with Crippen molar-refractivity contribution in [1.29, 1.82) is 10.5 Å². The van der Waals surface area contributed by atoms with Crippen LogP contribution in [0.1, 0.15) is 24.4 Å². The SMILES string of the molecule is COC(=O)C(C)n1cnc(C#N)c1C#N. The number of aromatic nitrogens is 2. The highest BCUT2D eigenvalue weighted by Crippen LogP contribution is 2.13. The van der Waals surface area contributed by atoms with Crippen molar-refractivity contribution in [1.82, 2.24) is 9.55 Å². The van der Waals surface area contributed by atoms with Crippen molar-refractivity contribution in [3.63, 3.8) is 0 Å². The maximum Gasteiger partial charge on any atom is 0.328 e. The number of ether oxygens (including phenoxy) is 1. The molecule has 0 radical (unpaired) electrons. The van der Waals surface area contributed by atoms with Gasteiger partial charge in [-0.25, -0.2) is 9.78 Å². The Labute approximate surface area is 86.3 Å². The van der Waals surface area contributed by atoms with Gasteiger partial charge in [-0.05, 0) is 6.92 Å². The van der Waals surface area contributed by atoms with E-state index in [0.29, 0.717) is 0 Å². The first-order valence-corrected chi connectivity index (χ1v) is 4.10. The molecule has 0 aromatic carbocycles. The van der Waals surface area contributed by atoms with Crippen LogP contribution >= 0.6 is 0 Å². The number of rotatable bonds is 2. The number of nitrogens with zero attached hydrogens (tertiary/aromatic N) is 4. The normalized spacial score (nSPS) is 11.2. The number of hydrogen-bond donors (Lipinski definition) is 0. The summed E-state index contributed by atoms with van der Waals surface area (Å²) in [5, 5.41) is 17.5. The molecular formula is C9H8N4O2. The molecule has 15 heavy (non-hydrogen) atoms. The van der Waals surface area contributed by atoms with Crippen LogP contribution in [0.4, 0.5) is 0 Å². The minimum Gasteiger partial charge on any atom is -0.467 e. The number of imidazole rings is 1. The summed E-state index contributed by atoms with van der Waals surface area (Å²) in [6.45, 7) is 1.56. The largest absolute Gasteiger partial charge is 0.467 e. The summed E-state index contributed by atoms with van der Waals surface area (Å²) in [6.07, 6.45) is 1.28. The van der Waals surface area contributed by atoms with Gasteiger partial charge in [-0.15, -0.1) is 0 Å². The quantitative estimate of drug-likeness (QED) is 0.648. The molecule has 0 spiro atoms. The first-order valence-electron chi connectivity index (χ1n) is 4.10. The van der Waals surface area contributed by atoms with Gasteiger partial charge in [0.15, 0.2) is 11.4 Å². The Morgan fingerprint density at radius 1 is 1.60 bits per heavy atom. The zero-order valence-corrected chi connectivity index (χ0v) is 8.26. The molecule has 0 aliphatic heterocycles. The highest BCUT2D eigenvalue weighted by atomic mass is 16.5. The van der Waals surface area contributed by atoms with E-state index in [4.69, 9.17) is 10.5 Å². The van der Waals surface area contributed by atoms with Gasteiger partial charge in [-0.1, -0.05) is 0 Å². The molecule has 1 aromatic rings. The van der Waals surface area contributed by atoms with Gasteiger partial charge in [0.05, 0.1) is 13.4 Å². The molecule has 6 heteroatoms. The van der Waals surface area contributed by atoms with Crippen LogP contribution in [-0.2, 0) is 9.53 Å². The third kappa shape index (κ3) is 1.79. The molecule has 0 bridgehead atoms. The average Bonchev–Trinajstić information content (AvgIpc) is 2.69. The molecule has 0 saturated carbocycles. The van der Waals surface area contributed by atoms with Gasteiger partial charge in [-0.3, -0.25) is 0 Å². The molecule has 1 aromatic heterocycles. The number of nitriles is 2. The van der Waals surface area contributed by atoms with E-state index in [1.54, 1.807) is 13.0 Å². The molecule has 0 saturated heterocycles. The molecule has 0 aliphatic carbocycles. The first kappa shape index (κ1) is 10.7. The van der Waals surface area contributed by atoms with Gasteiger partial charge >= 0.3 is 5.97 Å². The van der Waals surface area contributed by atoms with E-state index in [1.165, 1.54) is 18.0 Å². The lowest BCUT2D eigenvalue weighted by molar-refractivity contribution is -0.144. The topological polar surface area (TPSA) is 91.7 Å². The predicted octanol–water partition coefficient (Wildman–Crippen LogP) is 0.360. The Bertz CT molecular complexity index is 463. The van der Waals surface area contributed by atoms with E-state index >= 15 is 0 Å². The van der Waals surface area contributed by atoms with Crippen LogP contribution < -0.4 is 0 Å². The molecule has 1 heterocycles. The number of esters is 1. The van der Waals surface area contributed by atoms with Crippen molar-refractivity contribution in [2.24, 2.45) is 0 Å². The Hall–Kier alpha value is -2.34. The summed E-state index contributed by atoms with van der Waals surface area (Å²) in [4.78, 5) is 14.9. The Balaban J connectivity index is 3.18. The minimum atomic E-state index is -0.667. The standard InChI is InChI=1S/C9H8N4O2/c1-6(9(14)15-2)13-5-12-7(3-10)8(13)4-11/h5-6H,1-2H3. The molecule has 6 nitrogen and oxygen atoms in total. The van der Waals surface area contributed by atoms with Crippen molar-refractivity contribution in [3.8, 4) is 12.1 Å². The van der Waals surface area contributed by atoms with Crippen molar-refractivity contribution >= 4 is 5.97 Å². The number of carbonyl (C=O) groups excluding carboxylic acids is 1. The van der Waals surface area contributed by atoms with Gasteiger partial charge < -0.3 is 9.30 Å². The Morgan fingerprint density at radius 2 is 2.27 bits per heavy atom. The van der Waals surface area contributed by atoms with Gasteiger partial charge in [0.2, 0.25) is 0 Å². The highest BCUT2D eigenvalue weighted by molar-refractivity contribution is 5.74. The molecular weight excluding hydrogens is 196 g/mol. The molecule has 1 rings (SSSR count). The Morgan fingerprint density at radius 3 is 2.73 bits per heavy atom. The van der Waals surface area contributed by atoms with E-state index in [0.717, 1.165) is 0 Å². The monoisotopic (exact) mass is 204 g/mol. The Kier molecular flexibility index (Phi) is 3.04. The fraction of sp³-hybridized carbons (Fsp3) is 0.333. The fourth-order valence-corrected chi connectivity index (χ4v) is 1.13. The zero-order valence-electron chi connectivity index (χ0n) is 8.26. The summed E-state index contributed by atoms with van der Waals surface area (Å²) in [7, 11) is 1.26. The molecule has 0 fully saturated rings. The highest BCUT2D eigenvalue weighted by Gasteiger charge is 2.20. The summed E-state index contributed by atoms with van der Waals surface area (Å²) >= 11 is 0. The zero-order chi connectivity index (χ0) is 11.4. The predicted molar refractivity (Wildman–Crippen MR) is 48.4 cm³/mol. The maximum absolute atomic E-state index is 11.2. The summed E-state index contributed by atoms with van der Waals surface area (Å²) in [5.74, 6) is -0.492. The van der Waals surface area contributed by atoms with Crippen LogP contribution in [0, 0.1) is 22.7 Å². The lowest BCUT2D eigenvalue weighted by Crippen LogP contribution is -2.18. The van der Waals surface area contributed by atoms with Gasteiger partial charge in [0, 0.05) is 0 Å². The van der Waals surface area contributed by atoms with Crippen molar-refractivity contribution in [2.75, 3.05) is 7.11 Å². The second-order valence-corrected chi connectivity index (χ2v) is 2.77. The second kappa shape index (κ2) is 4.25. The van der Waals surface area contributed by atoms with E-state index < -0.39 is 12.0 Å². The van der Waals surface area contributed by atoms with Crippen LogP contribution in [-0.4, -0.2) is 22.6 Å². The molecule has 0 N–H and O–H groups in total. The molecule has 1 atom stereocenters. The van der Waals surface area contributed by atoms with Gasteiger partial charge in [0.25, 0.3) is 0 Å². The average molecular weight is 204 g/mol. The summed E-state index contributed by atoms with van der Waals surface area (Å²) in [6, 6.07) is 2.93. The first-order chi connectivity index (χ1) is 7.15. The lowest BCUT2D eigenvalue weighted by Gasteiger charge is -2.10. The van der Waals surface area contributed by atoms with Crippen molar-refractivity contribution in [2.45, 2.75) is 13.0 Å². The number of hydrogen-bond acceptors (Lipinski definition) is 5. The van der Waals surface area contributed by atoms with Gasteiger partial charge in [-0.2, -0.15) is 10.5 Å². The smallest absolute Gasteiger partial charge is 0.328 e. The third-order valence-corrected chi connectivity index (χ3v) is 1.97. The molecule has 0 amide bonds. The molecule has 1 unspecified atom stereocenters.